The number of hydrogen-bond acceptors (Lipinski definition) is 4. The molecule has 32 heavy (non-hydrogen) atoms. The van der Waals surface area contributed by atoms with Crippen molar-refractivity contribution in [1.82, 2.24) is 14.9 Å². The maximum atomic E-state index is 13.0. The number of likely N-dealkylation sites (tertiary alicyclic amines) is 1. The largest absolute Gasteiger partial charge is 0.486 e. The minimum absolute atomic E-state index is 0. The Morgan fingerprint density at radius 3 is 2.41 bits per heavy atom. The number of benzene rings is 2. The number of ether oxygens (including phenoxy) is 1. The van der Waals surface area contributed by atoms with E-state index in [0.29, 0.717) is 23.8 Å². The van der Waals surface area contributed by atoms with E-state index in [1.165, 1.54) is 36.8 Å². The van der Waals surface area contributed by atoms with Gasteiger partial charge in [-0.15, -0.1) is 24.8 Å². The molecule has 3 heterocycles. The normalized spacial score (nSPS) is 20.4. The summed E-state index contributed by atoms with van der Waals surface area (Å²) in [5, 5.41) is 0. The van der Waals surface area contributed by atoms with Gasteiger partial charge >= 0.3 is 0 Å². The molecule has 0 atom stereocenters. The summed E-state index contributed by atoms with van der Waals surface area (Å²) in [5.41, 5.74) is 5.14. The lowest BCUT2D eigenvalue weighted by molar-refractivity contribution is -0.0200. The van der Waals surface area contributed by atoms with Gasteiger partial charge in [0.2, 0.25) is 0 Å². The first-order chi connectivity index (χ1) is 14.7. The molecule has 5 nitrogen and oxygen atoms in total. The highest BCUT2D eigenvalue weighted by Gasteiger charge is 2.44. The Bertz CT molecular complexity index is 1090. The van der Waals surface area contributed by atoms with Crippen molar-refractivity contribution >= 4 is 41.6 Å². The van der Waals surface area contributed by atoms with Crippen LogP contribution < -0.4 is 4.74 Å². The predicted octanol–water partition coefficient (Wildman–Crippen LogP) is 5.15. The van der Waals surface area contributed by atoms with Crippen LogP contribution in [0.2, 0.25) is 0 Å². The third-order valence-corrected chi connectivity index (χ3v) is 7.47. The summed E-state index contributed by atoms with van der Waals surface area (Å²) in [6, 6.07) is 13.4. The number of aromatic amines is 1. The summed E-state index contributed by atoms with van der Waals surface area (Å²) in [7, 11) is 0. The van der Waals surface area contributed by atoms with Gasteiger partial charge in [-0.2, -0.15) is 0 Å². The zero-order valence-corrected chi connectivity index (χ0v) is 19.6. The summed E-state index contributed by atoms with van der Waals surface area (Å²) >= 11 is 0. The topological polar surface area (TPSA) is 58.2 Å². The molecule has 0 unspecified atom stereocenters. The average molecular weight is 474 g/mol. The molecular formula is C25H29Cl2N3O2. The highest BCUT2D eigenvalue weighted by atomic mass is 35.5. The second-order valence-electron chi connectivity index (χ2n) is 9.19. The average Bonchev–Trinajstić information content (AvgIpc) is 3.10. The first-order valence-corrected chi connectivity index (χ1v) is 11.2. The van der Waals surface area contributed by atoms with Gasteiger partial charge in [0.05, 0.1) is 29.3 Å². The van der Waals surface area contributed by atoms with Crippen molar-refractivity contribution in [2.24, 2.45) is 0 Å². The Morgan fingerprint density at radius 2 is 1.72 bits per heavy atom. The molecule has 0 amide bonds. The van der Waals surface area contributed by atoms with Crippen molar-refractivity contribution in [1.29, 1.82) is 0 Å². The van der Waals surface area contributed by atoms with Crippen LogP contribution in [0, 0.1) is 0 Å². The van der Waals surface area contributed by atoms with Gasteiger partial charge < -0.3 is 14.6 Å². The van der Waals surface area contributed by atoms with Crippen LogP contribution in [0.25, 0.3) is 11.0 Å². The van der Waals surface area contributed by atoms with Crippen LogP contribution in [0.5, 0.6) is 5.75 Å². The molecule has 170 valence electrons. The number of carbonyl (C=O) groups excluding carboxylic acids is 1. The third kappa shape index (κ3) is 4.02. The quantitative estimate of drug-likeness (QED) is 0.496. The Morgan fingerprint density at radius 1 is 1.03 bits per heavy atom. The molecule has 1 saturated heterocycles. The van der Waals surface area contributed by atoms with Crippen LogP contribution in [-0.4, -0.2) is 45.4 Å². The smallest absolute Gasteiger partial charge is 0.170 e. The number of Topliss-reactive ketones (excluding diaryl/α,β-unsaturated/α-hetero) is 1. The van der Waals surface area contributed by atoms with Crippen LogP contribution in [0.3, 0.4) is 0 Å². The van der Waals surface area contributed by atoms with Crippen LogP contribution in [0.1, 0.15) is 53.6 Å². The lowest BCUT2D eigenvalue weighted by atomic mass is 9.81. The standard InChI is InChI=1S/C25H27N3O2.2ClH/c29-23-15-25(30-24-14-22-21(13-20(23)24)26-16-27-22)9-11-28(12-10-25)19-7-5-17-3-1-2-4-18(17)6-8-19;;/h1-4,13-14,16,19H,5-12,15H2,(H,26,27);2*1H. The molecule has 1 aromatic heterocycles. The molecule has 1 aliphatic carbocycles. The fourth-order valence-electron chi connectivity index (χ4n) is 5.70. The second kappa shape index (κ2) is 9.05. The monoisotopic (exact) mass is 473 g/mol. The molecular weight excluding hydrogens is 445 g/mol. The molecule has 3 aromatic rings. The van der Waals surface area contributed by atoms with Crippen LogP contribution >= 0.6 is 24.8 Å². The maximum absolute atomic E-state index is 13.0. The molecule has 0 saturated carbocycles. The highest BCUT2D eigenvalue weighted by Crippen LogP contribution is 2.41. The number of H-pyrrole nitrogens is 1. The molecule has 2 aromatic carbocycles. The van der Waals surface area contributed by atoms with Crippen LogP contribution in [0.15, 0.2) is 42.7 Å². The van der Waals surface area contributed by atoms with Gasteiger partial charge in [0.25, 0.3) is 0 Å². The van der Waals surface area contributed by atoms with E-state index < -0.39 is 0 Å². The second-order valence-corrected chi connectivity index (χ2v) is 9.19. The van der Waals surface area contributed by atoms with Gasteiger partial charge in [0.15, 0.2) is 5.78 Å². The van der Waals surface area contributed by atoms with Gasteiger partial charge in [-0.25, -0.2) is 4.98 Å². The van der Waals surface area contributed by atoms with Crippen molar-refractivity contribution in [3.8, 4) is 5.75 Å². The van der Waals surface area contributed by atoms with Crippen molar-refractivity contribution in [3.63, 3.8) is 0 Å². The Balaban J connectivity index is 0.00000122. The van der Waals surface area contributed by atoms with E-state index in [4.69, 9.17) is 4.74 Å². The van der Waals surface area contributed by atoms with E-state index in [1.54, 1.807) is 6.33 Å². The number of ketones is 1. The number of aromatic nitrogens is 2. The number of nitrogens with zero attached hydrogens (tertiary/aromatic N) is 2. The number of hydrogen-bond donors (Lipinski definition) is 1. The molecule has 0 bridgehead atoms. The Kier molecular flexibility index (Phi) is 6.53. The summed E-state index contributed by atoms with van der Waals surface area (Å²) in [6.07, 6.45) is 8.78. The lowest BCUT2D eigenvalue weighted by Gasteiger charge is -2.46. The number of rotatable bonds is 1. The van der Waals surface area contributed by atoms with Crippen LogP contribution in [0.4, 0.5) is 0 Å². The summed E-state index contributed by atoms with van der Waals surface area (Å²) in [4.78, 5) is 23.0. The Hall–Kier alpha value is -2.08. The van der Waals surface area contributed by atoms with Crippen molar-refractivity contribution in [3.05, 3.63) is 59.4 Å². The fourth-order valence-corrected chi connectivity index (χ4v) is 5.70. The number of nitrogens with one attached hydrogen (secondary N) is 1. The number of piperidine rings is 1. The van der Waals surface area contributed by atoms with E-state index in [-0.39, 0.29) is 36.2 Å². The maximum Gasteiger partial charge on any atom is 0.170 e. The first kappa shape index (κ1) is 23.1. The van der Waals surface area contributed by atoms with Crippen LogP contribution in [-0.2, 0) is 12.8 Å². The van der Waals surface area contributed by atoms with Gasteiger partial charge in [-0.3, -0.25) is 4.79 Å². The zero-order valence-electron chi connectivity index (χ0n) is 18.0. The minimum Gasteiger partial charge on any atom is -0.486 e. The Labute approximate surface area is 200 Å². The molecule has 0 radical (unpaired) electrons. The van der Waals surface area contributed by atoms with E-state index in [1.807, 2.05) is 12.1 Å². The number of carbonyl (C=O) groups is 1. The third-order valence-electron chi connectivity index (χ3n) is 7.47. The fraction of sp³-hybridized carbons (Fsp3) is 0.440. The van der Waals surface area contributed by atoms with Crippen molar-refractivity contribution in [2.45, 2.75) is 56.6 Å². The molecule has 7 heteroatoms. The summed E-state index contributed by atoms with van der Waals surface area (Å²) in [5.74, 6) is 0.912. The number of fused-ring (bicyclic) bond motifs is 3. The number of halogens is 2. The minimum atomic E-state index is -0.349. The van der Waals surface area contributed by atoms with Gasteiger partial charge in [-0.05, 0) is 42.9 Å². The van der Waals surface area contributed by atoms with Gasteiger partial charge in [0, 0.05) is 38.0 Å². The van der Waals surface area contributed by atoms with Crippen molar-refractivity contribution < 1.29 is 9.53 Å². The predicted molar refractivity (Wildman–Crippen MR) is 131 cm³/mol. The number of aryl methyl sites for hydroxylation is 2. The van der Waals surface area contributed by atoms with Gasteiger partial charge in [-0.1, -0.05) is 24.3 Å². The summed E-state index contributed by atoms with van der Waals surface area (Å²) < 4.78 is 6.52. The molecule has 2 aliphatic heterocycles. The molecule has 1 fully saturated rings. The zero-order chi connectivity index (χ0) is 20.1. The molecule has 1 spiro atoms. The van der Waals surface area contributed by atoms with E-state index >= 15 is 0 Å². The number of imidazole rings is 1. The molecule has 6 rings (SSSR count). The highest BCUT2D eigenvalue weighted by molar-refractivity contribution is 6.03. The van der Waals surface area contributed by atoms with E-state index in [2.05, 4.69) is 39.1 Å². The van der Waals surface area contributed by atoms with E-state index in [0.717, 1.165) is 37.0 Å². The molecule has 3 aliphatic rings. The van der Waals surface area contributed by atoms with E-state index in [9.17, 15) is 4.79 Å². The lowest BCUT2D eigenvalue weighted by Crippen LogP contribution is -2.53. The summed E-state index contributed by atoms with van der Waals surface area (Å²) in [6.45, 7) is 2.02. The first-order valence-electron chi connectivity index (χ1n) is 11.2. The van der Waals surface area contributed by atoms with Crippen molar-refractivity contribution in [2.75, 3.05) is 13.1 Å². The SMILES string of the molecule is Cl.Cl.O=C1CC2(CCN(C3CCc4ccccc4CC3)CC2)Oc2cc3nc[nH]c3cc21. The molecule has 1 N–H and O–H groups in total. The van der Waals surface area contributed by atoms with Gasteiger partial charge in [0.1, 0.15) is 11.4 Å².